The van der Waals surface area contributed by atoms with Crippen molar-refractivity contribution in [2.45, 2.75) is 13.1 Å². The molecule has 0 unspecified atom stereocenters. The Balaban J connectivity index is 3.79. The molecule has 0 aromatic carbocycles. The smallest absolute Gasteiger partial charge is 0.322 e. The molecule has 0 fully saturated rings. The number of rotatable bonds is 0. The molecule has 0 spiro atoms. The molecule has 6 nitrogen and oxygen atoms in total. The number of hydrogen-bond acceptors (Lipinski definition) is 4. The third kappa shape index (κ3) is 2.07. The summed E-state index contributed by atoms with van der Waals surface area (Å²) in [7, 11) is 0. The first-order valence-electron chi connectivity index (χ1n) is 3.94. The molecule has 0 aliphatic heterocycles. The van der Waals surface area contributed by atoms with Crippen molar-refractivity contribution in [3.05, 3.63) is 26.5 Å². The third-order valence-corrected chi connectivity index (χ3v) is 2.29. The van der Waals surface area contributed by atoms with E-state index in [1.54, 1.807) is 0 Å². The average molecular weight is 251 g/mol. The first-order valence-corrected chi connectivity index (χ1v) is 4.84. The van der Waals surface area contributed by atoms with Gasteiger partial charge in [-0.3, -0.25) is 9.59 Å². The van der Waals surface area contributed by atoms with Crippen molar-refractivity contribution in [2.75, 3.05) is 0 Å². The molecule has 0 saturated heterocycles. The van der Waals surface area contributed by atoms with Gasteiger partial charge in [-0.15, -0.1) is 0 Å². The first-order chi connectivity index (χ1) is 7.16. The minimum absolute atomic E-state index is 0.0805. The Bertz CT molecular complexity index is 559. The van der Waals surface area contributed by atoms with Gasteiger partial charge in [-0.05, 0) is 0 Å². The molecule has 0 bridgehead atoms. The Morgan fingerprint density at radius 3 is 2.25 bits per heavy atom. The van der Waals surface area contributed by atoms with Gasteiger partial charge >= 0.3 is 28.4 Å². The maximum absolute atomic E-state index is 12.3. The molecule has 0 N–H and O–H groups in total. The summed E-state index contributed by atoms with van der Waals surface area (Å²) in [4.78, 5) is 33.3. The lowest BCUT2D eigenvalue weighted by atomic mass is 10.4. The van der Waals surface area contributed by atoms with E-state index in [9.17, 15) is 27.6 Å². The molecule has 1 heterocycles. The minimum atomic E-state index is -4.99. The number of aromatic nitrogens is 3. The zero-order valence-corrected chi connectivity index (χ0v) is 10.2. The van der Waals surface area contributed by atoms with Crippen molar-refractivity contribution >= 4 is 22.4 Å². The van der Waals surface area contributed by atoms with Gasteiger partial charge in [0.05, 0.1) is 0 Å². The minimum Gasteiger partial charge on any atom is -0.322 e. The largest absolute Gasteiger partial charge is 0.440 e. The van der Waals surface area contributed by atoms with Gasteiger partial charge in [-0.2, -0.15) is 22.8 Å². The fourth-order valence-electron chi connectivity index (χ4n) is 1.03. The lowest BCUT2D eigenvalue weighted by molar-refractivity contribution is -0.143. The topological polar surface area (TPSA) is 74.0 Å². The summed E-state index contributed by atoms with van der Waals surface area (Å²) in [5, 5.41) is 2.84. The van der Waals surface area contributed by atoms with Crippen LogP contribution in [0.15, 0.2) is 9.59 Å². The van der Waals surface area contributed by atoms with Gasteiger partial charge in [0, 0.05) is 6.92 Å². The van der Waals surface area contributed by atoms with Crippen LogP contribution >= 0.6 is 0 Å². The van der Waals surface area contributed by atoms with E-state index in [4.69, 9.17) is 0 Å². The number of carbonyl (C=O) groups is 1. The van der Waals surface area contributed by atoms with E-state index in [0.717, 1.165) is 6.92 Å². The lowest BCUT2D eigenvalue weighted by Crippen LogP contribution is -2.47. The zero-order chi connectivity index (χ0) is 12.7. The first kappa shape index (κ1) is 12.7. The van der Waals surface area contributed by atoms with E-state index < -0.39 is 29.0 Å². The molecule has 0 aliphatic carbocycles. The molecular formula is C6H5AlF3N3O3. The van der Waals surface area contributed by atoms with Crippen molar-refractivity contribution in [3.63, 3.8) is 0 Å². The lowest BCUT2D eigenvalue weighted by Gasteiger charge is -2.09. The quantitative estimate of drug-likeness (QED) is 0.525. The number of carbonyl (C=O) groups excluding carboxylic acids is 1. The van der Waals surface area contributed by atoms with Gasteiger partial charge in [0.1, 0.15) is 0 Å². The summed E-state index contributed by atoms with van der Waals surface area (Å²) in [5.41, 5.74) is -4.66. The number of nitrogens with zero attached hydrogens (tertiary/aromatic N) is 3. The maximum Gasteiger partial charge on any atom is 0.440 e. The van der Waals surface area contributed by atoms with Crippen LogP contribution in [-0.2, 0) is 6.18 Å². The van der Waals surface area contributed by atoms with Crippen molar-refractivity contribution in [1.82, 2.24) is 13.3 Å². The molecule has 0 aliphatic rings. The Morgan fingerprint density at radius 1 is 1.38 bits per heavy atom. The van der Waals surface area contributed by atoms with Crippen LogP contribution in [0.5, 0.6) is 0 Å². The van der Waals surface area contributed by atoms with E-state index in [2.05, 4.69) is 5.10 Å². The average Bonchev–Trinajstić information content (AvgIpc) is 2.09. The predicted molar refractivity (Wildman–Crippen MR) is 48.0 cm³/mol. The molecule has 16 heavy (non-hydrogen) atoms. The fraction of sp³-hybridized carbons (Fsp3) is 0.333. The molecule has 1 aromatic heterocycles. The molecule has 0 amide bonds. The molecule has 86 valence electrons. The van der Waals surface area contributed by atoms with Gasteiger partial charge in [-0.25, -0.2) is 4.79 Å². The summed E-state index contributed by atoms with van der Waals surface area (Å²) >= 11 is -0.168. The highest BCUT2D eigenvalue weighted by Gasteiger charge is 2.38. The highest BCUT2D eigenvalue weighted by atomic mass is 27.1. The summed E-state index contributed by atoms with van der Waals surface area (Å²) in [6.07, 6.45) is -4.99. The standard InChI is InChI=1S/C6H4F3N3O3.Al.2H/c1-2(13)12-4(14)3(6(7,8)9)10-11-5(12)15;;;/h1H3,(H,11,14,15);;;/q;+1;;/p-1. The normalized spacial score (nSPS) is 11.5. The van der Waals surface area contributed by atoms with Crippen molar-refractivity contribution < 1.29 is 18.0 Å². The molecule has 1 rings (SSSR count). The summed E-state index contributed by atoms with van der Waals surface area (Å²) in [6.45, 7) is 0.824. The van der Waals surface area contributed by atoms with E-state index in [1.807, 2.05) is 0 Å². The molecule has 10 heteroatoms. The van der Waals surface area contributed by atoms with Crippen LogP contribution in [0.4, 0.5) is 13.2 Å². The molecule has 1 aromatic rings. The zero-order valence-electron chi connectivity index (χ0n) is 8.20. The van der Waals surface area contributed by atoms with Crippen LogP contribution in [0, 0.1) is 0 Å². The van der Waals surface area contributed by atoms with Gasteiger partial charge < -0.3 is 3.67 Å². The van der Waals surface area contributed by atoms with Gasteiger partial charge in [-0.1, -0.05) is 0 Å². The fourth-order valence-corrected chi connectivity index (χ4v) is 1.43. The van der Waals surface area contributed by atoms with Crippen LogP contribution in [0.25, 0.3) is 0 Å². The summed E-state index contributed by atoms with van der Waals surface area (Å²) in [5.74, 6) is -1.08. The number of hydrogen-bond donors (Lipinski definition) is 0. The van der Waals surface area contributed by atoms with Crippen LogP contribution in [-0.4, -0.2) is 35.7 Å². The van der Waals surface area contributed by atoms with Crippen LogP contribution < -0.4 is 11.2 Å². The Hall–Kier alpha value is -1.40. The van der Waals surface area contributed by atoms with Gasteiger partial charge in [0.2, 0.25) is 11.6 Å². The Kier molecular flexibility index (Phi) is 3.07. The summed E-state index contributed by atoms with van der Waals surface area (Å²) < 4.78 is 37.3. The SMILES string of the molecule is CC(=O)n1c(=O)c(C(F)(F)F)n[n]([AlH2])c1=O. The second kappa shape index (κ2) is 3.88. The van der Waals surface area contributed by atoms with Gasteiger partial charge in [0.15, 0.2) is 0 Å². The second-order valence-corrected chi connectivity index (χ2v) is 3.76. The summed E-state index contributed by atoms with van der Waals surface area (Å²) in [6, 6.07) is 0. The number of halogens is 3. The predicted octanol–water partition coefficient (Wildman–Crippen LogP) is -1.52. The molecule has 0 radical (unpaired) electrons. The highest BCUT2D eigenvalue weighted by Crippen LogP contribution is 2.23. The van der Waals surface area contributed by atoms with Crippen molar-refractivity contribution in [1.29, 1.82) is 0 Å². The monoisotopic (exact) mass is 251 g/mol. The molecule has 0 atom stereocenters. The highest BCUT2D eigenvalue weighted by molar-refractivity contribution is 6.05. The third-order valence-electron chi connectivity index (χ3n) is 1.71. The molecule has 0 saturated carbocycles. The van der Waals surface area contributed by atoms with Crippen LogP contribution in [0.2, 0.25) is 0 Å². The number of alkyl halides is 3. The van der Waals surface area contributed by atoms with E-state index in [-0.39, 0.29) is 21.1 Å². The second-order valence-electron chi connectivity index (χ2n) is 2.91. The molecular weight excluding hydrogens is 246 g/mol. The maximum atomic E-state index is 12.3. The van der Waals surface area contributed by atoms with Crippen LogP contribution in [0.1, 0.15) is 17.4 Å². The van der Waals surface area contributed by atoms with Crippen molar-refractivity contribution in [3.8, 4) is 0 Å². The van der Waals surface area contributed by atoms with Gasteiger partial charge in [0.25, 0.3) is 5.56 Å². The van der Waals surface area contributed by atoms with E-state index >= 15 is 0 Å². The Labute approximate surface area is 93.9 Å². The van der Waals surface area contributed by atoms with Crippen molar-refractivity contribution in [2.24, 2.45) is 0 Å². The van der Waals surface area contributed by atoms with E-state index in [1.165, 1.54) is 0 Å². The van der Waals surface area contributed by atoms with Crippen LogP contribution in [0.3, 0.4) is 0 Å². The van der Waals surface area contributed by atoms with E-state index in [0.29, 0.717) is 3.67 Å². The Morgan fingerprint density at radius 2 is 1.88 bits per heavy atom.